The highest BCUT2D eigenvalue weighted by atomic mass is 32.1. The lowest BCUT2D eigenvalue weighted by Gasteiger charge is -2.21. The zero-order valence-corrected chi connectivity index (χ0v) is 11.2. The van der Waals surface area contributed by atoms with Crippen LogP contribution in [0.25, 0.3) is 0 Å². The summed E-state index contributed by atoms with van der Waals surface area (Å²) in [6.07, 6.45) is -0.468. The van der Waals surface area contributed by atoms with Crippen molar-refractivity contribution in [2.24, 2.45) is 0 Å². The van der Waals surface area contributed by atoms with Crippen LogP contribution in [0.2, 0.25) is 0 Å². The van der Waals surface area contributed by atoms with Crippen LogP contribution in [0.1, 0.15) is 16.6 Å². The molecular formula is C11H17NO4S. The smallest absolute Gasteiger partial charge is 0.265 e. The van der Waals surface area contributed by atoms with Gasteiger partial charge in [0, 0.05) is 14.2 Å². The van der Waals surface area contributed by atoms with Gasteiger partial charge >= 0.3 is 0 Å². The van der Waals surface area contributed by atoms with Crippen LogP contribution in [0.4, 0.5) is 0 Å². The Balaban J connectivity index is 2.66. The van der Waals surface area contributed by atoms with E-state index in [9.17, 15) is 4.79 Å². The van der Waals surface area contributed by atoms with Gasteiger partial charge in [0.1, 0.15) is 10.6 Å². The molecule has 0 aliphatic rings. The molecule has 96 valence electrons. The lowest BCUT2D eigenvalue weighted by atomic mass is 10.3. The third-order valence-corrected chi connectivity index (χ3v) is 3.18. The molecule has 6 heteroatoms. The van der Waals surface area contributed by atoms with E-state index < -0.39 is 6.29 Å². The van der Waals surface area contributed by atoms with Crippen molar-refractivity contribution in [2.45, 2.75) is 19.3 Å². The molecule has 0 fully saturated rings. The zero-order valence-electron chi connectivity index (χ0n) is 10.4. The van der Waals surface area contributed by atoms with Crippen LogP contribution in [0.3, 0.4) is 0 Å². The highest BCUT2D eigenvalue weighted by Gasteiger charge is 2.21. The number of hydrogen-bond acceptors (Lipinski definition) is 5. The number of nitrogens with one attached hydrogen (secondary N) is 1. The minimum absolute atomic E-state index is 0.191. The van der Waals surface area contributed by atoms with Crippen LogP contribution in [-0.4, -0.2) is 39.6 Å². The number of rotatable bonds is 6. The fraction of sp³-hybridized carbons (Fsp3) is 0.545. The average Bonchev–Trinajstić information content (AvgIpc) is 2.78. The topological polar surface area (TPSA) is 56.8 Å². The molecular weight excluding hydrogens is 242 g/mol. The summed E-state index contributed by atoms with van der Waals surface area (Å²) in [5.74, 6) is 0.384. The summed E-state index contributed by atoms with van der Waals surface area (Å²) >= 11 is 1.33. The fourth-order valence-corrected chi connectivity index (χ4v) is 2.23. The Hall–Kier alpha value is -1.11. The second kappa shape index (κ2) is 6.58. The monoisotopic (exact) mass is 259 g/mol. The van der Waals surface area contributed by atoms with E-state index >= 15 is 0 Å². The average molecular weight is 259 g/mol. The van der Waals surface area contributed by atoms with Crippen LogP contribution in [-0.2, 0) is 9.47 Å². The third-order valence-electron chi connectivity index (χ3n) is 2.29. The molecule has 1 aromatic heterocycles. The van der Waals surface area contributed by atoms with E-state index in [0.717, 1.165) is 0 Å². The molecule has 17 heavy (non-hydrogen) atoms. The van der Waals surface area contributed by atoms with Gasteiger partial charge in [0.05, 0.1) is 13.2 Å². The number of thiophene rings is 1. The van der Waals surface area contributed by atoms with E-state index in [1.54, 1.807) is 6.07 Å². The van der Waals surface area contributed by atoms with Crippen molar-refractivity contribution >= 4 is 17.2 Å². The molecule has 0 radical (unpaired) electrons. The second-order valence-corrected chi connectivity index (χ2v) is 4.34. The Kier molecular flexibility index (Phi) is 5.40. The molecule has 0 aliphatic heterocycles. The van der Waals surface area contributed by atoms with Gasteiger partial charge in [0.15, 0.2) is 6.29 Å². The van der Waals surface area contributed by atoms with Gasteiger partial charge in [0.2, 0.25) is 0 Å². The first kappa shape index (κ1) is 14.0. The van der Waals surface area contributed by atoms with E-state index in [1.165, 1.54) is 32.7 Å². The minimum atomic E-state index is -0.468. The maximum atomic E-state index is 11.9. The summed E-state index contributed by atoms with van der Waals surface area (Å²) in [4.78, 5) is 12.5. The Morgan fingerprint density at radius 2 is 2.00 bits per heavy atom. The van der Waals surface area contributed by atoms with Crippen LogP contribution in [0.15, 0.2) is 11.4 Å². The lowest BCUT2D eigenvalue weighted by molar-refractivity contribution is -0.117. The van der Waals surface area contributed by atoms with Gasteiger partial charge in [-0.25, -0.2) is 0 Å². The van der Waals surface area contributed by atoms with Crippen molar-refractivity contribution in [1.29, 1.82) is 0 Å². The molecule has 1 unspecified atom stereocenters. The van der Waals surface area contributed by atoms with Crippen molar-refractivity contribution in [3.63, 3.8) is 0 Å². The Labute approximate surface area is 105 Å². The predicted octanol–water partition coefficient (Wildman–Crippen LogP) is 1.49. The first-order chi connectivity index (χ1) is 8.13. The third kappa shape index (κ3) is 3.42. The molecule has 1 N–H and O–H groups in total. The highest BCUT2D eigenvalue weighted by molar-refractivity contribution is 7.12. The van der Waals surface area contributed by atoms with Crippen molar-refractivity contribution in [2.75, 3.05) is 21.3 Å². The van der Waals surface area contributed by atoms with Gasteiger partial charge in [-0.2, -0.15) is 0 Å². The van der Waals surface area contributed by atoms with Gasteiger partial charge in [0.25, 0.3) is 5.91 Å². The zero-order chi connectivity index (χ0) is 12.8. The van der Waals surface area contributed by atoms with Gasteiger partial charge in [-0.05, 0) is 18.4 Å². The molecule has 0 saturated heterocycles. The first-order valence-electron chi connectivity index (χ1n) is 5.12. The summed E-state index contributed by atoms with van der Waals surface area (Å²) in [6.45, 7) is 1.82. The van der Waals surface area contributed by atoms with Gasteiger partial charge in [-0.15, -0.1) is 11.3 Å². The maximum absolute atomic E-state index is 11.9. The van der Waals surface area contributed by atoms with Crippen LogP contribution in [0, 0.1) is 0 Å². The number of hydrogen-bond donors (Lipinski definition) is 1. The Bertz CT molecular complexity index is 362. The minimum Gasteiger partial charge on any atom is -0.495 e. The quantitative estimate of drug-likeness (QED) is 0.786. The first-order valence-corrected chi connectivity index (χ1v) is 6.00. The van der Waals surface area contributed by atoms with Crippen LogP contribution in [0.5, 0.6) is 5.75 Å². The molecule has 1 aromatic rings. The lowest BCUT2D eigenvalue weighted by Crippen LogP contribution is -2.42. The summed E-state index contributed by atoms with van der Waals surface area (Å²) in [6, 6.07) is 1.51. The van der Waals surface area contributed by atoms with E-state index in [1.807, 2.05) is 12.3 Å². The standard InChI is InChI=1S/C11H17NO4S/c1-7(11(15-3)16-4)12-10(13)9-8(14-2)5-6-17-9/h5-7,11H,1-4H3,(H,12,13). The molecule has 0 aliphatic carbocycles. The van der Waals surface area contributed by atoms with Crippen molar-refractivity contribution < 1.29 is 19.0 Å². The summed E-state index contributed by atoms with van der Waals surface area (Å²) in [5.41, 5.74) is 0. The SMILES string of the molecule is COc1ccsc1C(=O)NC(C)C(OC)OC. The van der Waals surface area contributed by atoms with Gasteiger partial charge in [-0.3, -0.25) is 4.79 Å². The predicted molar refractivity (Wildman–Crippen MR) is 65.6 cm³/mol. The second-order valence-electron chi connectivity index (χ2n) is 3.42. The number of methoxy groups -OCH3 is 3. The van der Waals surface area contributed by atoms with Crippen molar-refractivity contribution in [3.05, 3.63) is 16.3 Å². The number of carbonyl (C=O) groups is 1. The molecule has 0 saturated carbocycles. The van der Waals surface area contributed by atoms with E-state index in [2.05, 4.69) is 5.32 Å². The van der Waals surface area contributed by atoms with Crippen LogP contribution < -0.4 is 10.1 Å². The Morgan fingerprint density at radius 3 is 2.53 bits per heavy atom. The molecule has 5 nitrogen and oxygen atoms in total. The van der Waals surface area contributed by atoms with E-state index in [-0.39, 0.29) is 11.9 Å². The summed E-state index contributed by atoms with van der Waals surface area (Å²) < 4.78 is 15.2. The summed E-state index contributed by atoms with van der Waals surface area (Å²) in [7, 11) is 4.60. The Morgan fingerprint density at radius 1 is 1.35 bits per heavy atom. The molecule has 0 spiro atoms. The fourth-order valence-electron chi connectivity index (χ4n) is 1.47. The normalized spacial score (nSPS) is 12.5. The van der Waals surface area contributed by atoms with E-state index in [4.69, 9.17) is 14.2 Å². The van der Waals surface area contributed by atoms with Crippen LogP contribution >= 0.6 is 11.3 Å². The molecule has 1 heterocycles. The van der Waals surface area contributed by atoms with Gasteiger partial charge in [-0.1, -0.05) is 0 Å². The number of amides is 1. The largest absolute Gasteiger partial charge is 0.495 e. The maximum Gasteiger partial charge on any atom is 0.265 e. The van der Waals surface area contributed by atoms with Crippen molar-refractivity contribution in [3.8, 4) is 5.75 Å². The number of ether oxygens (including phenoxy) is 3. The molecule has 0 aromatic carbocycles. The van der Waals surface area contributed by atoms with Crippen molar-refractivity contribution in [1.82, 2.24) is 5.32 Å². The molecule has 0 bridgehead atoms. The van der Waals surface area contributed by atoms with Gasteiger partial charge < -0.3 is 19.5 Å². The molecule has 1 amide bonds. The van der Waals surface area contributed by atoms with E-state index in [0.29, 0.717) is 10.6 Å². The molecule has 1 rings (SSSR count). The summed E-state index contributed by atoms with van der Waals surface area (Å²) in [5, 5.41) is 4.61. The number of carbonyl (C=O) groups excluding carboxylic acids is 1. The molecule has 1 atom stereocenters. The highest BCUT2D eigenvalue weighted by Crippen LogP contribution is 2.24.